The van der Waals surface area contributed by atoms with E-state index in [1.54, 1.807) is 12.1 Å². The molecule has 3 heterocycles. The van der Waals surface area contributed by atoms with Crippen LogP contribution in [0.5, 0.6) is 11.5 Å². The number of carboxylic acid groups (broad SMARTS) is 2. The molecule has 0 bridgehead atoms. The number of anilines is 2. The molecule has 13 nitrogen and oxygen atoms in total. The van der Waals surface area contributed by atoms with Gasteiger partial charge in [0.05, 0.1) is 23.8 Å². The number of nitrogens with zero attached hydrogens (tertiary/aromatic N) is 5. The van der Waals surface area contributed by atoms with Crippen molar-refractivity contribution >= 4 is 45.4 Å². The highest BCUT2D eigenvalue weighted by atomic mass is 19.4. The van der Waals surface area contributed by atoms with Gasteiger partial charge < -0.3 is 31.2 Å². The van der Waals surface area contributed by atoms with Crippen molar-refractivity contribution in [2.45, 2.75) is 44.8 Å². The zero-order chi connectivity index (χ0) is 36.2. The summed E-state index contributed by atoms with van der Waals surface area (Å²) in [5, 5.41) is 24.7. The first kappa shape index (κ1) is 37.6. The number of unbranched alkanes of at least 4 members (excludes halogenated alkanes) is 2. The Balaban J connectivity index is 0.000000392. The molecule has 6 N–H and O–H groups in total. The highest BCUT2D eigenvalue weighted by Crippen LogP contribution is 2.22. The van der Waals surface area contributed by atoms with Crippen LogP contribution >= 0.6 is 0 Å². The van der Waals surface area contributed by atoms with Gasteiger partial charge in [0, 0.05) is 17.3 Å². The number of ether oxygens (including phenoxy) is 2. The van der Waals surface area contributed by atoms with Crippen molar-refractivity contribution in [3.63, 3.8) is 0 Å². The summed E-state index contributed by atoms with van der Waals surface area (Å²) in [6.07, 6.45) is -5.25. The Morgan fingerprint density at radius 3 is 1.69 bits per heavy atom. The number of nitrogen functional groups attached to an aromatic ring is 2. The fourth-order valence-electron chi connectivity index (χ4n) is 3.83. The smallest absolute Gasteiger partial charge is 0.490 e. The molecule has 0 aliphatic heterocycles. The first-order valence-corrected chi connectivity index (χ1v) is 14.1. The minimum absolute atomic E-state index is 0.357. The second kappa shape index (κ2) is 16.8. The van der Waals surface area contributed by atoms with E-state index in [0.717, 1.165) is 64.8 Å². The average Bonchev–Trinajstić information content (AvgIpc) is 3.49. The maximum atomic E-state index is 10.6. The SMILES string of the molecule is Nc1ccc2cc(OCCCCCn3cc(COc4ccc5nc(N)ccc5c4)nn3)ccc2n1.O=C(O)C(F)(F)F.O=C(O)C(F)(F)F. The minimum atomic E-state index is -5.08. The van der Waals surface area contributed by atoms with E-state index >= 15 is 0 Å². The van der Waals surface area contributed by atoms with E-state index < -0.39 is 24.3 Å². The van der Waals surface area contributed by atoms with Crippen molar-refractivity contribution in [2.75, 3.05) is 18.1 Å². The Morgan fingerprint density at radius 2 is 1.20 bits per heavy atom. The lowest BCUT2D eigenvalue weighted by atomic mass is 10.2. The maximum Gasteiger partial charge on any atom is 0.490 e. The molecule has 262 valence electrons. The standard InChI is InChI=1S/C26H27N7O2.2C2HF3O2/c27-25-10-4-18-14-21(6-8-23(18)29-25)34-13-3-1-2-12-33-16-20(31-32-33)17-35-22-7-9-24-19(15-22)5-11-26(28)30-24;2*3-2(4,5)1(6)7/h4-11,14-16H,1-3,12-13,17H2,(H2,27,29)(H2,28,30);2*(H,6,7). The van der Waals surface area contributed by atoms with Crippen LogP contribution in [0.2, 0.25) is 0 Å². The second-order valence-corrected chi connectivity index (χ2v) is 9.96. The number of aliphatic carboxylic acids is 2. The van der Waals surface area contributed by atoms with E-state index in [9.17, 15) is 26.3 Å². The van der Waals surface area contributed by atoms with Crippen molar-refractivity contribution in [1.82, 2.24) is 25.0 Å². The molecule has 0 unspecified atom stereocenters. The molecular formula is C30H29F6N7O6. The van der Waals surface area contributed by atoms with E-state index in [0.29, 0.717) is 24.8 Å². The number of nitrogens with two attached hydrogens (primary N) is 2. The first-order valence-electron chi connectivity index (χ1n) is 14.1. The number of pyridine rings is 2. The number of alkyl halides is 6. The number of hydrogen-bond donors (Lipinski definition) is 4. The van der Waals surface area contributed by atoms with Crippen LogP contribution in [0.1, 0.15) is 25.0 Å². The summed E-state index contributed by atoms with van der Waals surface area (Å²) in [5.41, 5.74) is 14.0. The molecule has 0 spiro atoms. The largest absolute Gasteiger partial charge is 0.494 e. The molecule has 19 heteroatoms. The molecule has 0 amide bonds. The van der Waals surface area contributed by atoms with Crippen LogP contribution in [0.4, 0.5) is 38.0 Å². The number of benzene rings is 2. The number of rotatable bonds is 10. The normalized spacial score (nSPS) is 11.2. The monoisotopic (exact) mass is 697 g/mol. The summed E-state index contributed by atoms with van der Waals surface area (Å²) in [5.74, 6) is -2.89. The molecular weight excluding hydrogens is 668 g/mol. The first-order chi connectivity index (χ1) is 23.0. The van der Waals surface area contributed by atoms with Gasteiger partial charge in [-0.05, 0) is 79.9 Å². The number of carbonyl (C=O) groups is 2. The van der Waals surface area contributed by atoms with Gasteiger partial charge in [0.2, 0.25) is 0 Å². The van der Waals surface area contributed by atoms with Crippen molar-refractivity contribution in [2.24, 2.45) is 0 Å². The van der Waals surface area contributed by atoms with Crippen LogP contribution < -0.4 is 20.9 Å². The van der Waals surface area contributed by atoms with Crippen LogP contribution in [-0.4, -0.2) is 66.1 Å². The Labute approximate surface area is 273 Å². The van der Waals surface area contributed by atoms with Gasteiger partial charge in [0.15, 0.2) is 0 Å². The molecule has 3 aromatic heterocycles. The van der Waals surface area contributed by atoms with E-state index in [4.69, 9.17) is 40.7 Å². The average molecular weight is 698 g/mol. The second-order valence-electron chi connectivity index (χ2n) is 9.96. The fourth-order valence-corrected chi connectivity index (χ4v) is 3.83. The number of halogens is 6. The van der Waals surface area contributed by atoms with Gasteiger partial charge >= 0.3 is 24.3 Å². The Kier molecular flexibility index (Phi) is 12.9. The van der Waals surface area contributed by atoms with Gasteiger partial charge in [-0.25, -0.2) is 19.6 Å². The number of aromatic nitrogens is 5. The highest BCUT2D eigenvalue weighted by molar-refractivity contribution is 5.82. The lowest BCUT2D eigenvalue weighted by Crippen LogP contribution is -2.21. The molecule has 0 atom stereocenters. The van der Waals surface area contributed by atoms with Crippen LogP contribution in [0, 0.1) is 0 Å². The quantitative estimate of drug-likeness (QED) is 0.104. The van der Waals surface area contributed by atoms with E-state index in [1.165, 1.54) is 0 Å². The third-order valence-electron chi connectivity index (χ3n) is 6.12. The summed E-state index contributed by atoms with van der Waals surface area (Å²) in [6.45, 7) is 1.83. The van der Waals surface area contributed by atoms with Crippen molar-refractivity contribution in [3.8, 4) is 11.5 Å². The van der Waals surface area contributed by atoms with E-state index in [-0.39, 0.29) is 0 Å². The van der Waals surface area contributed by atoms with Gasteiger partial charge in [-0.15, -0.1) is 5.10 Å². The topological polar surface area (TPSA) is 202 Å². The predicted octanol–water partition coefficient (Wildman–Crippen LogP) is 5.63. The van der Waals surface area contributed by atoms with Crippen molar-refractivity contribution in [1.29, 1.82) is 0 Å². The zero-order valence-electron chi connectivity index (χ0n) is 25.3. The summed E-state index contributed by atoms with van der Waals surface area (Å²) in [6, 6.07) is 19.0. The molecule has 0 radical (unpaired) electrons. The molecule has 0 saturated heterocycles. The number of carboxylic acids is 2. The molecule has 0 aliphatic rings. The van der Waals surface area contributed by atoms with Gasteiger partial charge in [0.1, 0.15) is 35.4 Å². The van der Waals surface area contributed by atoms with Crippen LogP contribution in [0.15, 0.2) is 66.9 Å². The minimum Gasteiger partial charge on any atom is -0.494 e. The molecule has 5 rings (SSSR count). The predicted molar refractivity (Wildman–Crippen MR) is 163 cm³/mol. The van der Waals surface area contributed by atoms with E-state index in [1.807, 2.05) is 59.4 Å². The zero-order valence-corrected chi connectivity index (χ0v) is 25.3. The van der Waals surface area contributed by atoms with Crippen LogP contribution in [0.25, 0.3) is 21.8 Å². The molecule has 0 saturated carbocycles. The summed E-state index contributed by atoms with van der Waals surface area (Å²) in [4.78, 5) is 26.4. The van der Waals surface area contributed by atoms with Gasteiger partial charge in [-0.3, -0.25) is 4.68 Å². The van der Waals surface area contributed by atoms with Gasteiger partial charge in [-0.2, -0.15) is 26.3 Å². The van der Waals surface area contributed by atoms with Gasteiger partial charge in [0.25, 0.3) is 0 Å². The molecule has 0 aliphatic carbocycles. The lowest BCUT2D eigenvalue weighted by Gasteiger charge is -2.07. The van der Waals surface area contributed by atoms with Gasteiger partial charge in [-0.1, -0.05) is 5.21 Å². The number of aryl methyl sites for hydroxylation is 1. The lowest BCUT2D eigenvalue weighted by molar-refractivity contribution is -0.193. The van der Waals surface area contributed by atoms with Crippen molar-refractivity contribution < 1.29 is 55.6 Å². The Bertz CT molecular complexity index is 1840. The van der Waals surface area contributed by atoms with E-state index in [2.05, 4.69) is 20.3 Å². The third-order valence-corrected chi connectivity index (χ3v) is 6.12. The fraction of sp³-hybridized carbons (Fsp3) is 0.267. The highest BCUT2D eigenvalue weighted by Gasteiger charge is 2.38. The molecule has 0 fully saturated rings. The maximum absolute atomic E-state index is 10.6. The van der Waals surface area contributed by atoms with Crippen LogP contribution in [-0.2, 0) is 22.7 Å². The summed E-state index contributed by atoms with van der Waals surface area (Å²) in [7, 11) is 0. The third kappa shape index (κ3) is 12.7. The van der Waals surface area contributed by atoms with Crippen LogP contribution in [0.3, 0.4) is 0 Å². The Hall–Kier alpha value is -5.88. The summed E-state index contributed by atoms with van der Waals surface area (Å²) < 4.78 is 77.1. The summed E-state index contributed by atoms with van der Waals surface area (Å²) >= 11 is 0. The molecule has 5 aromatic rings. The van der Waals surface area contributed by atoms with Crippen molar-refractivity contribution in [3.05, 3.63) is 72.6 Å². The Morgan fingerprint density at radius 1 is 0.714 bits per heavy atom. The molecule has 49 heavy (non-hydrogen) atoms. The number of fused-ring (bicyclic) bond motifs is 2. The number of hydrogen-bond acceptors (Lipinski definition) is 10. The molecule has 2 aromatic carbocycles.